The van der Waals surface area contributed by atoms with Crippen LogP contribution in [0.4, 0.5) is 0 Å². The Balaban J connectivity index is 1.71. The Labute approximate surface area is 160 Å². The van der Waals surface area contributed by atoms with E-state index < -0.39 is 0 Å². The minimum Gasteiger partial charge on any atom is -0.454 e. The van der Waals surface area contributed by atoms with Crippen molar-refractivity contribution in [3.05, 3.63) is 96.1 Å². The number of rotatable bonds is 4. The lowest BCUT2D eigenvalue weighted by Crippen LogP contribution is -1.96. The standard InChI is InChI=1S/C25H22O2/c1-5-22(17(3)20-11-10-19-8-6-7-9-21(19)13-20)18(4)23-14-25-24(12-16(23)2)26-15-27-25/h5-14H,3-4,15H2,1-2H3/b22-5-. The van der Waals surface area contributed by atoms with Crippen molar-refractivity contribution in [1.82, 2.24) is 0 Å². The highest BCUT2D eigenvalue weighted by molar-refractivity contribution is 5.99. The SMILES string of the molecule is C=C(/C(=C/C)C(=C)c1cc2c(cc1C)OCO2)c1ccc2ccccc2c1. The zero-order chi connectivity index (χ0) is 19.0. The highest BCUT2D eigenvalue weighted by Crippen LogP contribution is 2.40. The molecule has 0 amide bonds. The van der Waals surface area contributed by atoms with Gasteiger partial charge in [0.15, 0.2) is 11.5 Å². The van der Waals surface area contributed by atoms with Crippen molar-refractivity contribution in [3.63, 3.8) is 0 Å². The van der Waals surface area contributed by atoms with Gasteiger partial charge in [-0.05, 0) is 76.2 Å². The maximum Gasteiger partial charge on any atom is 0.231 e. The van der Waals surface area contributed by atoms with Gasteiger partial charge in [-0.3, -0.25) is 0 Å². The van der Waals surface area contributed by atoms with Crippen LogP contribution in [0, 0.1) is 6.92 Å². The Hall–Kier alpha value is -3.26. The zero-order valence-corrected chi connectivity index (χ0v) is 15.7. The summed E-state index contributed by atoms with van der Waals surface area (Å²) >= 11 is 0. The minimum atomic E-state index is 0.269. The summed E-state index contributed by atoms with van der Waals surface area (Å²) in [5, 5.41) is 2.43. The Bertz CT molecular complexity index is 1100. The van der Waals surface area contributed by atoms with Gasteiger partial charge in [0.2, 0.25) is 6.79 Å². The molecule has 0 spiro atoms. The van der Waals surface area contributed by atoms with Crippen LogP contribution in [-0.2, 0) is 0 Å². The fourth-order valence-corrected chi connectivity index (χ4v) is 3.58. The Morgan fingerprint density at radius 2 is 1.59 bits per heavy atom. The molecule has 0 aliphatic carbocycles. The number of hydrogen-bond donors (Lipinski definition) is 0. The summed E-state index contributed by atoms with van der Waals surface area (Å²) in [6.07, 6.45) is 2.07. The minimum absolute atomic E-state index is 0.269. The van der Waals surface area contributed by atoms with Gasteiger partial charge in [-0.25, -0.2) is 0 Å². The third-order valence-corrected chi connectivity index (χ3v) is 5.08. The van der Waals surface area contributed by atoms with Gasteiger partial charge in [0.1, 0.15) is 0 Å². The van der Waals surface area contributed by atoms with Gasteiger partial charge >= 0.3 is 0 Å². The zero-order valence-electron chi connectivity index (χ0n) is 15.7. The summed E-state index contributed by atoms with van der Waals surface area (Å²) in [4.78, 5) is 0. The molecule has 0 bridgehead atoms. The second kappa shape index (κ2) is 6.81. The van der Waals surface area contributed by atoms with E-state index in [1.165, 1.54) is 10.8 Å². The molecule has 4 rings (SSSR count). The highest BCUT2D eigenvalue weighted by atomic mass is 16.7. The van der Waals surface area contributed by atoms with E-state index in [1.807, 2.05) is 19.1 Å². The monoisotopic (exact) mass is 354 g/mol. The summed E-state index contributed by atoms with van der Waals surface area (Å²) in [6, 6.07) is 18.8. The van der Waals surface area contributed by atoms with Crippen LogP contribution in [0.25, 0.3) is 21.9 Å². The van der Waals surface area contributed by atoms with Crippen molar-refractivity contribution in [2.75, 3.05) is 6.79 Å². The molecule has 27 heavy (non-hydrogen) atoms. The second-order valence-corrected chi connectivity index (χ2v) is 6.74. The van der Waals surface area contributed by atoms with Crippen molar-refractivity contribution in [2.24, 2.45) is 0 Å². The van der Waals surface area contributed by atoms with E-state index in [0.29, 0.717) is 0 Å². The van der Waals surface area contributed by atoms with Gasteiger partial charge in [0.25, 0.3) is 0 Å². The van der Waals surface area contributed by atoms with Crippen LogP contribution in [0.2, 0.25) is 0 Å². The quantitative estimate of drug-likeness (QED) is 0.495. The molecule has 0 N–H and O–H groups in total. The molecular weight excluding hydrogens is 332 g/mol. The Morgan fingerprint density at radius 1 is 0.889 bits per heavy atom. The lowest BCUT2D eigenvalue weighted by Gasteiger charge is -2.17. The molecule has 1 heterocycles. The number of hydrogen-bond acceptors (Lipinski definition) is 2. The van der Waals surface area contributed by atoms with E-state index in [-0.39, 0.29) is 6.79 Å². The first-order valence-electron chi connectivity index (χ1n) is 9.03. The maximum atomic E-state index is 5.55. The summed E-state index contributed by atoms with van der Waals surface area (Å²) in [6.45, 7) is 13.1. The number of ether oxygens (including phenoxy) is 2. The van der Waals surface area contributed by atoms with Gasteiger partial charge in [0, 0.05) is 0 Å². The molecule has 0 saturated heterocycles. The molecule has 0 saturated carbocycles. The van der Waals surface area contributed by atoms with Crippen LogP contribution in [0.1, 0.15) is 23.6 Å². The smallest absolute Gasteiger partial charge is 0.231 e. The molecule has 3 aromatic rings. The van der Waals surface area contributed by atoms with E-state index in [9.17, 15) is 0 Å². The predicted octanol–water partition coefficient (Wildman–Crippen LogP) is 6.55. The van der Waals surface area contributed by atoms with Crippen LogP contribution >= 0.6 is 0 Å². The maximum absolute atomic E-state index is 5.55. The fourth-order valence-electron chi connectivity index (χ4n) is 3.58. The lowest BCUT2D eigenvalue weighted by molar-refractivity contribution is 0.174. The number of benzene rings is 3. The summed E-state index contributed by atoms with van der Waals surface area (Å²) in [5.74, 6) is 1.56. The van der Waals surface area contributed by atoms with Crippen molar-refractivity contribution in [3.8, 4) is 11.5 Å². The third kappa shape index (κ3) is 3.04. The molecular formula is C25H22O2. The van der Waals surface area contributed by atoms with E-state index in [4.69, 9.17) is 9.47 Å². The first-order chi connectivity index (χ1) is 13.1. The molecule has 1 aliphatic heterocycles. The summed E-state index contributed by atoms with van der Waals surface area (Å²) < 4.78 is 11.0. The normalized spacial score (nSPS) is 13.0. The van der Waals surface area contributed by atoms with Crippen molar-refractivity contribution >= 4 is 21.9 Å². The topological polar surface area (TPSA) is 18.5 Å². The lowest BCUT2D eigenvalue weighted by atomic mass is 9.87. The number of aryl methyl sites for hydroxylation is 1. The Morgan fingerprint density at radius 3 is 2.33 bits per heavy atom. The van der Waals surface area contributed by atoms with E-state index in [2.05, 4.69) is 68.6 Å². The van der Waals surface area contributed by atoms with Gasteiger partial charge in [-0.1, -0.05) is 55.6 Å². The average molecular weight is 354 g/mol. The van der Waals surface area contributed by atoms with Crippen LogP contribution in [0.5, 0.6) is 11.5 Å². The summed E-state index contributed by atoms with van der Waals surface area (Å²) in [5.41, 5.74) is 6.19. The van der Waals surface area contributed by atoms with Gasteiger partial charge in [0.05, 0.1) is 0 Å². The molecule has 0 unspecified atom stereocenters. The van der Waals surface area contributed by atoms with Crippen LogP contribution in [-0.4, -0.2) is 6.79 Å². The van der Waals surface area contributed by atoms with Gasteiger partial charge < -0.3 is 9.47 Å². The molecule has 0 fully saturated rings. The predicted molar refractivity (Wildman–Crippen MR) is 113 cm³/mol. The Kier molecular flexibility index (Phi) is 4.33. The summed E-state index contributed by atoms with van der Waals surface area (Å²) in [7, 11) is 0. The van der Waals surface area contributed by atoms with Crippen molar-refractivity contribution in [1.29, 1.82) is 0 Å². The second-order valence-electron chi connectivity index (χ2n) is 6.74. The first-order valence-corrected chi connectivity index (χ1v) is 9.03. The largest absolute Gasteiger partial charge is 0.454 e. The molecule has 0 radical (unpaired) electrons. The average Bonchev–Trinajstić information content (AvgIpc) is 3.14. The molecule has 0 aromatic heterocycles. The van der Waals surface area contributed by atoms with Gasteiger partial charge in [-0.15, -0.1) is 0 Å². The molecule has 2 nitrogen and oxygen atoms in total. The van der Waals surface area contributed by atoms with Crippen molar-refractivity contribution < 1.29 is 9.47 Å². The van der Waals surface area contributed by atoms with Crippen molar-refractivity contribution in [2.45, 2.75) is 13.8 Å². The van der Waals surface area contributed by atoms with E-state index in [0.717, 1.165) is 44.9 Å². The number of fused-ring (bicyclic) bond motifs is 2. The van der Waals surface area contributed by atoms with Crippen LogP contribution in [0.3, 0.4) is 0 Å². The van der Waals surface area contributed by atoms with E-state index in [1.54, 1.807) is 0 Å². The third-order valence-electron chi connectivity index (χ3n) is 5.08. The molecule has 134 valence electrons. The molecule has 2 heteroatoms. The molecule has 0 atom stereocenters. The van der Waals surface area contributed by atoms with Gasteiger partial charge in [-0.2, -0.15) is 0 Å². The highest BCUT2D eigenvalue weighted by Gasteiger charge is 2.19. The van der Waals surface area contributed by atoms with Crippen LogP contribution < -0.4 is 9.47 Å². The first kappa shape index (κ1) is 17.2. The fraction of sp³-hybridized carbons (Fsp3) is 0.120. The number of allylic oxidation sites excluding steroid dienone is 4. The molecule has 1 aliphatic rings. The van der Waals surface area contributed by atoms with E-state index >= 15 is 0 Å². The molecule has 3 aromatic carbocycles. The van der Waals surface area contributed by atoms with Crippen LogP contribution in [0.15, 0.2) is 79.4 Å².